The van der Waals surface area contributed by atoms with Gasteiger partial charge in [0.25, 0.3) is 17.7 Å². The number of aryl methyl sites for hydroxylation is 3. The molecule has 0 radical (unpaired) electrons. The van der Waals surface area contributed by atoms with Gasteiger partial charge in [0.1, 0.15) is 26.9 Å². The van der Waals surface area contributed by atoms with E-state index in [1.54, 1.807) is 54.8 Å². The molecule has 3 heterocycles. The topological polar surface area (TPSA) is 165 Å². The fraction of sp³-hybridized carbons (Fsp3) is 0.280. The minimum atomic E-state index is -3.28. The third kappa shape index (κ3) is 7.70. The number of sulfone groups is 1. The molecule has 0 aliphatic heterocycles. The molecule has 0 aliphatic rings. The number of rotatable bonds is 11. The summed E-state index contributed by atoms with van der Waals surface area (Å²) in [6.07, 6.45) is 7.13. The standard InChI is InChI=1S/C25H31N7O6S/c1-6-8-26-23(34)19-11-17(14-30(19)2)28-25(36)21-12-18(15-32(21)4)29-24(35)20-10-16(13-31(20)3)27-22(33)7-9-39(5,37)38/h6,10-15H,1,7-9H2,2-5H3,(H,26,34)(H,27,33)(H,28,36)(H,29,35). The van der Waals surface area contributed by atoms with Crippen LogP contribution in [0.15, 0.2) is 49.4 Å². The maximum absolute atomic E-state index is 12.9. The second-order valence-corrected chi connectivity index (χ2v) is 11.3. The van der Waals surface area contributed by atoms with Crippen molar-refractivity contribution in [2.75, 3.05) is 34.5 Å². The zero-order chi connectivity index (χ0) is 28.9. The summed E-state index contributed by atoms with van der Waals surface area (Å²) in [5.74, 6) is -2.00. The van der Waals surface area contributed by atoms with Crippen molar-refractivity contribution in [3.8, 4) is 0 Å². The zero-order valence-electron chi connectivity index (χ0n) is 22.1. The summed E-state index contributed by atoms with van der Waals surface area (Å²) in [7, 11) is 1.68. The van der Waals surface area contributed by atoms with Crippen molar-refractivity contribution in [1.82, 2.24) is 19.0 Å². The third-order valence-corrected chi connectivity index (χ3v) is 6.56. The van der Waals surface area contributed by atoms with E-state index in [1.807, 2.05) is 0 Å². The maximum atomic E-state index is 12.9. The maximum Gasteiger partial charge on any atom is 0.272 e. The molecule has 0 aliphatic carbocycles. The summed E-state index contributed by atoms with van der Waals surface area (Å²) in [6.45, 7) is 3.87. The fourth-order valence-electron chi connectivity index (χ4n) is 3.72. The van der Waals surface area contributed by atoms with Crippen LogP contribution in [0.1, 0.15) is 37.9 Å². The lowest BCUT2D eigenvalue weighted by atomic mass is 10.3. The largest absolute Gasteiger partial charge is 0.347 e. The smallest absolute Gasteiger partial charge is 0.272 e. The molecule has 4 amide bonds. The molecule has 14 heteroatoms. The molecule has 3 aromatic heterocycles. The number of amides is 4. The van der Waals surface area contributed by atoms with Crippen LogP contribution in [0.25, 0.3) is 0 Å². The number of hydrogen-bond donors (Lipinski definition) is 4. The molecule has 39 heavy (non-hydrogen) atoms. The van der Waals surface area contributed by atoms with Gasteiger partial charge in [-0.05, 0) is 18.2 Å². The van der Waals surface area contributed by atoms with Gasteiger partial charge in [0.05, 0.1) is 22.8 Å². The summed E-state index contributed by atoms with van der Waals surface area (Å²) in [5.41, 5.74) is 1.99. The summed E-state index contributed by atoms with van der Waals surface area (Å²) < 4.78 is 27.2. The number of nitrogens with zero attached hydrogens (tertiary/aromatic N) is 3. The number of hydrogen-bond acceptors (Lipinski definition) is 6. The van der Waals surface area contributed by atoms with Crippen molar-refractivity contribution in [1.29, 1.82) is 0 Å². The van der Waals surface area contributed by atoms with E-state index in [2.05, 4.69) is 27.8 Å². The molecule has 0 spiro atoms. The van der Waals surface area contributed by atoms with Crippen molar-refractivity contribution >= 4 is 50.5 Å². The number of aromatic nitrogens is 3. The van der Waals surface area contributed by atoms with Crippen LogP contribution in [0.3, 0.4) is 0 Å². The molecule has 13 nitrogen and oxygen atoms in total. The van der Waals surface area contributed by atoms with Crippen LogP contribution in [-0.4, -0.2) is 64.3 Å². The fourth-order valence-corrected chi connectivity index (χ4v) is 4.28. The van der Waals surface area contributed by atoms with Gasteiger partial charge in [0, 0.05) is 59.0 Å². The molecular weight excluding hydrogens is 526 g/mol. The van der Waals surface area contributed by atoms with Crippen molar-refractivity contribution in [3.05, 3.63) is 66.5 Å². The molecule has 3 rings (SSSR count). The van der Waals surface area contributed by atoms with Crippen LogP contribution < -0.4 is 21.3 Å². The molecule has 0 bridgehead atoms. The number of anilines is 3. The Balaban J connectivity index is 1.65. The van der Waals surface area contributed by atoms with Gasteiger partial charge in [0.15, 0.2) is 0 Å². The Bertz CT molecular complexity index is 1540. The normalized spacial score (nSPS) is 11.1. The quantitative estimate of drug-likeness (QED) is 0.261. The van der Waals surface area contributed by atoms with Crippen molar-refractivity contribution in [2.24, 2.45) is 21.1 Å². The molecule has 4 N–H and O–H groups in total. The van der Waals surface area contributed by atoms with Crippen LogP contribution >= 0.6 is 0 Å². The van der Waals surface area contributed by atoms with Gasteiger partial charge in [-0.25, -0.2) is 8.42 Å². The Morgan fingerprint density at radius 1 is 0.769 bits per heavy atom. The predicted octanol–water partition coefficient (Wildman–Crippen LogP) is 1.50. The Morgan fingerprint density at radius 3 is 1.59 bits per heavy atom. The number of carbonyl (C=O) groups excluding carboxylic acids is 4. The minimum absolute atomic E-state index is 0.198. The van der Waals surface area contributed by atoms with Gasteiger partial charge < -0.3 is 35.0 Å². The van der Waals surface area contributed by atoms with E-state index >= 15 is 0 Å². The van der Waals surface area contributed by atoms with Crippen LogP contribution in [0, 0.1) is 0 Å². The third-order valence-electron chi connectivity index (χ3n) is 5.62. The first-order valence-electron chi connectivity index (χ1n) is 11.8. The Morgan fingerprint density at radius 2 is 1.18 bits per heavy atom. The molecular formula is C25H31N7O6S. The van der Waals surface area contributed by atoms with Crippen LogP contribution in [0.5, 0.6) is 0 Å². The van der Waals surface area contributed by atoms with Gasteiger partial charge in [-0.2, -0.15) is 0 Å². The second kappa shape index (κ2) is 11.9. The Hall–Kier alpha value is -4.59. The first-order chi connectivity index (χ1) is 18.3. The summed E-state index contributed by atoms with van der Waals surface area (Å²) >= 11 is 0. The predicted molar refractivity (Wildman–Crippen MR) is 148 cm³/mol. The van der Waals surface area contributed by atoms with Crippen LogP contribution in [0.4, 0.5) is 17.1 Å². The summed E-state index contributed by atoms with van der Waals surface area (Å²) in [5, 5.41) is 10.7. The van der Waals surface area contributed by atoms with Gasteiger partial charge in [-0.15, -0.1) is 6.58 Å². The van der Waals surface area contributed by atoms with Crippen molar-refractivity contribution in [3.63, 3.8) is 0 Å². The average Bonchev–Trinajstić information content (AvgIpc) is 3.51. The highest BCUT2D eigenvalue weighted by atomic mass is 32.2. The highest BCUT2D eigenvalue weighted by molar-refractivity contribution is 7.90. The molecule has 0 fully saturated rings. The first kappa shape index (κ1) is 29.0. The second-order valence-electron chi connectivity index (χ2n) is 9.01. The molecule has 0 saturated heterocycles. The molecule has 3 aromatic rings. The van der Waals surface area contributed by atoms with Gasteiger partial charge in [0.2, 0.25) is 5.91 Å². The lowest BCUT2D eigenvalue weighted by Gasteiger charge is -2.03. The Kier molecular flexibility index (Phi) is 8.81. The van der Waals surface area contributed by atoms with E-state index in [9.17, 15) is 27.6 Å². The number of nitrogens with one attached hydrogen (secondary N) is 4. The lowest BCUT2D eigenvalue weighted by molar-refractivity contribution is -0.115. The molecule has 208 valence electrons. The molecule has 0 aromatic carbocycles. The molecule has 0 unspecified atom stereocenters. The highest BCUT2D eigenvalue weighted by Crippen LogP contribution is 2.19. The van der Waals surface area contributed by atoms with E-state index in [1.165, 1.54) is 22.9 Å². The van der Waals surface area contributed by atoms with E-state index < -0.39 is 27.6 Å². The SMILES string of the molecule is C=CCNC(=O)c1cc(NC(=O)c2cc(NC(=O)c3cc(NC(=O)CCS(C)(=O)=O)cn3C)cn2C)cn1C. The Labute approximate surface area is 225 Å². The minimum Gasteiger partial charge on any atom is -0.347 e. The summed E-state index contributed by atoms with van der Waals surface area (Å²) in [6, 6.07) is 4.52. The van der Waals surface area contributed by atoms with Gasteiger partial charge >= 0.3 is 0 Å². The van der Waals surface area contributed by atoms with Crippen molar-refractivity contribution in [2.45, 2.75) is 6.42 Å². The first-order valence-corrected chi connectivity index (χ1v) is 13.8. The lowest BCUT2D eigenvalue weighted by Crippen LogP contribution is -2.25. The monoisotopic (exact) mass is 557 g/mol. The highest BCUT2D eigenvalue weighted by Gasteiger charge is 2.19. The van der Waals surface area contributed by atoms with E-state index in [0.717, 1.165) is 6.26 Å². The van der Waals surface area contributed by atoms with E-state index in [4.69, 9.17) is 0 Å². The number of carbonyl (C=O) groups is 4. The van der Waals surface area contributed by atoms with Crippen LogP contribution in [-0.2, 0) is 35.8 Å². The van der Waals surface area contributed by atoms with Gasteiger partial charge in [-0.1, -0.05) is 6.08 Å². The molecule has 0 saturated carbocycles. The van der Waals surface area contributed by atoms with Crippen LogP contribution in [0.2, 0.25) is 0 Å². The van der Waals surface area contributed by atoms with Crippen molar-refractivity contribution < 1.29 is 27.6 Å². The zero-order valence-corrected chi connectivity index (χ0v) is 22.9. The summed E-state index contributed by atoms with van der Waals surface area (Å²) in [4.78, 5) is 50.0. The van der Waals surface area contributed by atoms with Gasteiger partial charge in [-0.3, -0.25) is 19.2 Å². The molecule has 0 atom stereocenters. The van der Waals surface area contributed by atoms with E-state index in [0.29, 0.717) is 29.3 Å². The van der Waals surface area contributed by atoms with E-state index in [-0.39, 0.29) is 29.5 Å². The average molecular weight is 558 g/mol.